The lowest BCUT2D eigenvalue weighted by Crippen LogP contribution is -2.12. The molecule has 0 saturated carbocycles. The standard InChI is InChI=1S/C14H12F4OS/c15-13-10(2-1-3-11(13)14(16,17)18)12(19)5-4-9-6-7-20-8-9/h1-3,6-8,12,19H,4-5H2. The van der Waals surface area contributed by atoms with E-state index in [1.165, 1.54) is 17.4 Å². The summed E-state index contributed by atoms with van der Waals surface area (Å²) in [6.07, 6.45) is -5.35. The van der Waals surface area contributed by atoms with E-state index in [2.05, 4.69) is 0 Å². The summed E-state index contributed by atoms with van der Waals surface area (Å²) in [6, 6.07) is 4.82. The third kappa shape index (κ3) is 3.37. The molecule has 0 amide bonds. The van der Waals surface area contributed by atoms with E-state index in [-0.39, 0.29) is 12.0 Å². The summed E-state index contributed by atoms with van der Waals surface area (Å²) in [5.41, 5.74) is -0.680. The molecule has 6 heteroatoms. The van der Waals surface area contributed by atoms with Gasteiger partial charge in [-0.05, 0) is 41.3 Å². The van der Waals surface area contributed by atoms with Crippen molar-refractivity contribution >= 4 is 11.3 Å². The Kier molecular flexibility index (Phi) is 4.45. The van der Waals surface area contributed by atoms with Crippen LogP contribution in [-0.2, 0) is 12.6 Å². The molecule has 1 nitrogen and oxygen atoms in total. The molecule has 1 atom stereocenters. The number of hydrogen-bond donors (Lipinski definition) is 1. The Morgan fingerprint density at radius 3 is 2.55 bits per heavy atom. The highest BCUT2D eigenvalue weighted by molar-refractivity contribution is 7.07. The molecule has 0 radical (unpaired) electrons. The molecule has 0 fully saturated rings. The molecule has 1 N–H and O–H groups in total. The van der Waals surface area contributed by atoms with Gasteiger partial charge in [-0.2, -0.15) is 24.5 Å². The van der Waals surface area contributed by atoms with Crippen LogP contribution in [0, 0.1) is 5.82 Å². The van der Waals surface area contributed by atoms with Crippen LogP contribution in [0.3, 0.4) is 0 Å². The van der Waals surface area contributed by atoms with E-state index < -0.39 is 23.7 Å². The first-order chi connectivity index (χ1) is 9.39. The molecule has 2 aromatic rings. The molecule has 0 bridgehead atoms. The topological polar surface area (TPSA) is 20.2 Å². The number of hydrogen-bond acceptors (Lipinski definition) is 2. The van der Waals surface area contributed by atoms with Gasteiger partial charge in [0.1, 0.15) is 5.82 Å². The lowest BCUT2D eigenvalue weighted by molar-refractivity contribution is -0.140. The van der Waals surface area contributed by atoms with Gasteiger partial charge in [-0.15, -0.1) is 0 Å². The maximum atomic E-state index is 13.8. The molecule has 20 heavy (non-hydrogen) atoms. The summed E-state index contributed by atoms with van der Waals surface area (Å²) in [4.78, 5) is 0. The smallest absolute Gasteiger partial charge is 0.388 e. The second kappa shape index (κ2) is 5.93. The molecule has 1 aromatic carbocycles. The summed E-state index contributed by atoms with van der Waals surface area (Å²) < 4.78 is 51.5. The first kappa shape index (κ1) is 15.0. The van der Waals surface area contributed by atoms with Crippen LogP contribution in [0.25, 0.3) is 0 Å². The van der Waals surface area contributed by atoms with Gasteiger partial charge in [-0.3, -0.25) is 0 Å². The number of thiophene rings is 1. The first-order valence-corrected chi connectivity index (χ1v) is 6.88. The van der Waals surface area contributed by atoms with Gasteiger partial charge < -0.3 is 5.11 Å². The fourth-order valence-electron chi connectivity index (χ4n) is 1.92. The Morgan fingerprint density at radius 2 is 1.95 bits per heavy atom. The average molecular weight is 304 g/mol. The quantitative estimate of drug-likeness (QED) is 0.820. The lowest BCUT2D eigenvalue weighted by Gasteiger charge is -2.15. The van der Waals surface area contributed by atoms with E-state index in [0.717, 1.165) is 11.6 Å². The molecule has 0 spiro atoms. The Bertz CT molecular complexity index is 563. The van der Waals surface area contributed by atoms with Crippen LogP contribution in [0.15, 0.2) is 35.0 Å². The van der Waals surface area contributed by atoms with Gasteiger partial charge >= 0.3 is 6.18 Å². The van der Waals surface area contributed by atoms with Crippen LogP contribution in [0.5, 0.6) is 0 Å². The highest BCUT2D eigenvalue weighted by atomic mass is 32.1. The van der Waals surface area contributed by atoms with E-state index in [0.29, 0.717) is 12.5 Å². The largest absolute Gasteiger partial charge is 0.419 e. The maximum absolute atomic E-state index is 13.8. The van der Waals surface area contributed by atoms with Crippen molar-refractivity contribution in [3.8, 4) is 0 Å². The second-order valence-electron chi connectivity index (χ2n) is 4.39. The summed E-state index contributed by atoms with van der Waals surface area (Å²) in [6.45, 7) is 0. The SMILES string of the molecule is OC(CCc1ccsc1)c1cccc(C(F)(F)F)c1F. The third-order valence-corrected chi connectivity index (χ3v) is 3.71. The summed E-state index contributed by atoms with van der Waals surface area (Å²) in [7, 11) is 0. The molecular weight excluding hydrogens is 292 g/mol. The van der Waals surface area contributed by atoms with Crippen LogP contribution < -0.4 is 0 Å². The van der Waals surface area contributed by atoms with Crippen molar-refractivity contribution in [2.45, 2.75) is 25.1 Å². The van der Waals surface area contributed by atoms with E-state index in [1.54, 1.807) is 0 Å². The van der Waals surface area contributed by atoms with Crippen LogP contribution in [0.1, 0.15) is 29.2 Å². The van der Waals surface area contributed by atoms with Crippen LogP contribution in [0.2, 0.25) is 0 Å². The minimum absolute atomic E-state index is 0.176. The zero-order valence-corrected chi connectivity index (χ0v) is 11.1. The number of rotatable bonds is 4. The van der Waals surface area contributed by atoms with Crippen molar-refractivity contribution in [3.63, 3.8) is 0 Å². The van der Waals surface area contributed by atoms with Gasteiger partial charge in [0.25, 0.3) is 0 Å². The molecule has 1 aromatic heterocycles. The second-order valence-corrected chi connectivity index (χ2v) is 5.17. The maximum Gasteiger partial charge on any atom is 0.419 e. The predicted octanol–water partition coefficient (Wildman–Crippen LogP) is 4.57. The molecular formula is C14H12F4OS. The fourth-order valence-corrected chi connectivity index (χ4v) is 2.62. The van der Waals surface area contributed by atoms with E-state index in [4.69, 9.17) is 0 Å². The molecule has 1 heterocycles. The van der Waals surface area contributed by atoms with E-state index in [9.17, 15) is 22.7 Å². The lowest BCUT2D eigenvalue weighted by atomic mass is 10.00. The van der Waals surface area contributed by atoms with Gasteiger partial charge in [-0.1, -0.05) is 12.1 Å². The van der Waals surface area contributed by atoms with E-state index in [1.807, 2.05) is 16.8 Å². The monoisotopic (exact) mass is 304 g/mol. The predicted molar refractivity (Wildman–Crippen MR) is 69.0 cm³/mol. The molecule has 1 unspecified atom stereocenters. The van der Waals surface area contributed by atoms with Crippen molar-refractivity contribution in [1.82, 2.24) is 0 Å². The van der Waals surface area contributed by atoms with Crippen LogP contribution in [-0.4, -0.2) is 5.11 Å². The minimum Gasteiger partial charge on any atom is -0.388 e. The summed E-state index contributed by atoms with van der Waals surface area (Å²) in [5.74, 6) is -1.39. The zero-order chi connectivity index (χ0) is 14.8. The Hall–Kier alpha value is -1.40. The highest BCUT2D eigenvalue weighted by Crippen LogP contribution is 2.34. The number of aryl methyl sites for hydroxylation is 1. The minimum atomic E-state index is -4.76. The van der Waals surface area contributed by atoms with Gasteiger partial charge in [0, 0.05) is 5.56 Å². The molecule has 108 valence electrons. The van der Waals surface area contributed by atoms with Crippen LogP contribution in [0.4, 0.5) is 17.6 Å². The number of aliphatic hydroxyl groups excluding tert-OH is 1. The van der Waals surface area contributed by atoms with Gasteiger partial charge in [0.15, 0.2) is 0 Å². The van der Waals surface area contributed by atoms with Crippen molar-refractivity contribution in [3.05, 3.63) is 57.5 Å². The first-order valence-electron chi connectivity index (χ1n) is 5.94. The average Bonchev–Trinajstić information content (AvgIpc) is 2.88. The molecule has 0 aliphatic carbocycles. The normalized spacial score (nSPS) is 13.4. The fraction of sp³-hybridized carbons (Fsp3) is 0.286. The third-order valence-electron chi connectivity index (χ3n) is 2.98. The Labute approximate surface area is 117 Å². The Balaban J connectivity index is 2.15. The van der Waals surface area contributed by atoms with Crippen molar-refractivity contribution in [2.75, 3.05) is 0 Å². The van der Waals surface area contributed by atoms with Gasteiger partial charge in [0.05, 0.1) is 11.7 Å². The zero-order valence-electron chi connectivity index (χ0n) is 10.3. The molecule has 0 aliphatic rings. The van der Waals surface area contributed by atoms with Gasteiger partial charge in [0.2, 0.25) is 0 Å². The number of benzene rings is 1. The molecule has 2 rings (SSSR count). The summed E-state index contributed by atoms with van der Waals surface area (Å²) in [5, 5.41) is 13.6. The summed E-state index contributed by atoms with van der Waals surface area (Å²) >= 11 is 1.49. The highest BCUT2D eigenvalue weighted by Gasteiger charge is 2.35. The molecule has 0 saturated heterocycles. The van der Waals surface area contributed by atoms with Crippen LogP contribution >= 0.6 is 11.3 Å². The number of alkyl halides is 3. The number of aliphatic hydroxyl groups is 1. The van der Waals surface area contributed by atoms with Gasteiger partial charge in [-0.25, -0.2) is 4.39 Å². The molecule has 0 aliphatic heterocycles. The van der Waals surface area contributed by atoms with Crippen molar-refractivity contribution in [1.29, 1.82) is 0 Å². The Morgan fingerprint density at radius 1 is 1.20 bits per heavy atom. The van der Waals surface area contributed by atoms with E-state index >= 15 is 0 Å². The van der Waals surface area contributed by atoms with Crippen molar-refractivity contribution in [2.24, 2.45) is 0 Å². The number of halogens is 4. The van der Waals surface area contributed by atoms with Crippen molar-refractivity contribution < 1.29 is 22.7 Å².